The van der Waals surface area contributed by atoms with Gasteiger partial charge in [0.1, 0.15) is 5.25 Å². The molecule has 7 heteroatoms. The summed E-state index contributed by atoms with van der Waals surface area (Å²) in [6, 6.07) is 5.86. The van der Waals surface area contributed by atoms with Crippen molar-refractivity contribution in [1.82, 2.24) is 4.90 Å². The molecule has 5 nitrogen and oxygen atoms in total. The second-order valence-electron chi connectivity index (χ2n) is 5.33. The number of rotatable bonds is 3. The van der Waals surface area contributed by atoms with Gasteiger partial charge in [-0.25, -0.2) is 0 Å². The Balaban J connectivity index is 1.64. The van der Waals surface area contributed by atoms with Gasteiger partial charge in [0.2, 0.25) is 11.8 Å². The van der Waals surface area contributed by atoms with Crippen LogP contribution >= 0.6 is 34.4 Å². The van der Waals surface area contributed by atoms with Crippen molar-refractivity contribution in [2.75, 3.05) is 18.4 Å². The highest BCUT2D eigenvalue weighted by Crippen LogP contribution is 2.31. The summed E-state index contributed by atoms with van der Waals surface area (Å²) in [5, 5.41) is 3.33. The predicted molar refractivity (Wildman–Crippen MR) is 97.2 cm³/mol. The lowest BCUT2D eigenvalue weighted by molar-refractivity contribution is -0.128. The van der Waals surface area contributed by atoms with Crippen LogP contribution in [0.25, 0.3) is 0 Å². The Kier molecular flexibility index (Phi) is 4.72. The Morgan fingerprint density at radius 2 is 2.36 bits per heavy atom. The van der Waals surface area contributed by atoms with Gasteiger partial charge in [-0.2, -0.15) is 0 Å². The molecule has 1 fully saturated rings. The van der Waals surface area contributed by atoms with Crippen molar-refractivity contribution in [3.8, 4) is 0 Å². The minimum absolute atomic E-state index is 0.0120. The molecule has 116 valence electrons. The first kappa shape index (κ1) is 15.8. The molecule has 22 heavy (non-hydrogen) atoms. The number of amides is 2. The summed E-state index contributed by atoms with van der Waals surface area (Å²) in [4.78, 5) is 30.6. The van der Waals surface area contributed by atoms with Crippen LogP contribution in [0.2, 0.25) is 0 Å². The first-order valence-electron chi connectivity index (χ1n) is 7.13. The van der Waals surface area contributed by atoms with Gasteiger partial charge in [0.05, 0.1) is 0 Å². The van der Waals surface area contributed by atoms with E-state index in [0.29, 0.717) is 0 Å². The Bertz CT molecular complexity index is 662. The molecule has 0 spiro atoms. The second-order valence-corrected chi connectivity index (χ2v) is 7.74. The number of amidine groups is 1. The molecule has 0 bridgehead atoms. The van der Waals surface area contributed by atoms with Crippen LogP contribution in [-0.4, -0.2) is 40.2 Å². The minimum Gasteiger partial charge on any atom is -0.326 e. The van der Waals surface area contributed by atoms with Gasteiger partial charge in [-0.1, -0.05) is 11.8 Å². The Hall–Kier alpha value is -1.09. The lowest BCUT2D eigenvalue weighted by Gasteiger charge is -2.19. The zero-order valence-electron chi connectivity index (χ0n) is 12.1. The number of aliphatic imine (C=N–C) groups is 1. The zero-order valence-corrected chi connectivity index (χ0v) is 15.1. The molecular formula is C15H16IN3O2S. The number of hydrogen-bond acceptors (Lipinski definition) is 4. The highest BCUT2D eigenvalue weighted by atomic mass is 127. The summed E-state index contributed by atoms with van der Waals surface area (Å²) in [5.41, 5.74) is 1.82. The number of hydrogen-bond donors (Lipinski definition) is 1. The van der Waals surface area contributed by atoms with Gasteiger partial charge in [-0.3, -0.25) is 19.5 Å². The average Bonchev–Trinajstić information content (AvgIpc) is 2.79. The Labute approximate surface area is 147 Å². The molecular weight excluding hydrogens is 413 g/mol. The summed E-state index contributed by atoms with van der Waals surface area (Å²) < 4.78 is 1.13. The number of carbonyl (C=O) groups excluding carboxylic acids is 2. The third kappa shape index (κ3) is 3.29. The molecule has 1 aromatic rings. The van der Waals surface area contributed by atoms with Crippen molar-refractivity contribution in [2.24, 2.45) is 4.99 Å². The van der Waals surface area contributed by atoms with Gasteiger partial charge in [-0.05, 0) is 59.7 Å². The van der Waals surface area contributed by atoms with E-state index in [1.807, 2.05) is 25.1 Å². The van der Waals surface area contributed by atoms with Crippen LogP contribution in [0.15, 0.2) is 23.2 Å². The molecule has 3 rings (SSSR count). The second kappa shape index (κ2) is 6.57. The van der Waals surface area contributed by atoms with Crippen LogP contribution in [-0.2, 0) is 9.59 Å². The molecule has 2 heterocycles. The van der Waals surface area contributed by atoms with Gasteiger partial charge in [0.15, 0.2) is 5.17 Å². The fourth-order valence-electron chi connectivity index (χ4n) is 2.51. The van der Waals surface area contributed by atoms with E-state index in [0.717, 1.165) is 39.5 Å². The van der Waals surface area contributed by atoms with Crippen molar-refractivity contribution >= 4 is 57.0 Å². The standard InChI is InChI=1S/C15H16IN3O2S/c1-9-7-10(16)3-4-11(9)18-13(20)8-12-14(21)19-6-2-5-17-15(19)22-12/h3-4,7,12H,2,5-6,8H2,1H3,(H,18,20). The molecule has 2 amide bonds. The number of halogens is 1. The third-order valence-electron chi connectivity index (χ3n) is 3.64. The number of aryl methyl sites for hydroxylation is 1. The fourth-order valence-corrected chi connectivity index (χ4v) is 4.35. The molecule has 0 aromatic heterocycles. The number of fused-ring (bicyclic) bond motifs is 1. The quantitative estimate of drug-likeness (QED) is 0.752. The van der Waals surface area contributed by atoms with E-state index in [1.165, 1.54) is 11.8 Å². The third-order valence-corrected chi connectivity index (χ3v) is 5.52. The molecule has 0 radical (unpaired) electrons. The lowest BCUT2D eigenvalue weighted by Crippen LogP contribution is -2.36. The van der Waals surface area contributed by atoms with Gasteiger partial charge < -0.3 is 5.32 Å². The van der Waals surface area contributed by atoms with E-state index in [2.05, 4.69) is 32.9 Å². The molecule has 1 atom stereocenters. The van der Waals surface area contributed by atoms with Crippen LogP contribution in [0.3, 0.4) is 0 Å². The summed E-state index contributed by atoms with van der Waals surface area (Å²) in [6.45, 7) is 3.45. The SMILES string of the molecule is Cc1cc(I)ccc1NC(=O)CC1SC2=NCCCN2C1=O. The van der Waals surface area contributed by atoms with Crippen molar-refractivity contribution in [3.05, 3.63) is 27.3 Å². The highest BCUT2D eigenvalue weighted by Gasteiger charge is 2.39. The van der Waals surface area contributed by atoms with E-state index >= 15 is 0 Å². The van der Waals surface area contributed by atoms with Crippen LogP contribution in [0.4, 0.5) is 5.69 Å². The van der Waals surface area contributed by atoms with Crippen LogP contribution in [0, 0.1) is 10.5 Å². The number of benzene rings is 1. The van der Waals surface area contributed by atoms with Crippen molar-refractivity contribution < 1.29 is 9.59 Å². The zero-order chi connectivity index (χ0) is 15.7. The van der Waals surface area contributed by atoms with E-state index in [4.69, 9.17) is 0 Å². The maximum Gasteiger partial charge on any atom is 0.242 e. The molecule has 0 aliphatic carbocycles. The maximum absolute atomic E-state index is 12.3. The summed E-state index contributed by atoms with van der Waals surface area (Å²) in [7, 11) is 0. The number of thioether (sulfide) groups is 1. The highest BCUT2D eigenvalue weighted by molar-refractivity contribution is 14.1. The monoisotopic (exact) mass is 429 g/mol. The normalized spacial score (nSPS) is 20.6. The summed E-state index contributed by atoms with van der Waals surface area (Å²) in [5.74, 6) is -0.117. The van der Waals surface area contributed by atoms with Gasteiger partial charge >= 0.3 is 0 Å². The van der Waals surface area contributed by atoms with E-state index in [9.17, 15) is 9.59 Å². The lowest BCUT2D eigenvalue weighted by atomic mass is 10.2. The Morgan fingerprint density at radius 1 is 1.55 bits per heavy atom. The van der Waals surface area contributed by atoms with Crippen molar-refractivity contribution in [3.63, 3.8) is 0 Å². The van der Waals surface area contributed by atoms with E-state index in [-0.39, 0.29) is 23.5 Å². The van der Waals surface area contributed by atoms with E-state index < -0.39 is 0 Å². The van der Waals surface area contributed by atoms with Crippen LogP contribution in [0.5, 0.6) is 0 Å². The molecule has 2 aliphatic rings. The Morgan fingerprint density at radius 3 is 3.09 bits per heavy atom. The number of nitrogens with zero attached hydrogens (tertiary/aromatic N) is 2. The number of nitrogens with one attached hydrogen (secondary N) is 1. The van der Waals surface area contributed by atoms with Crippen molar-refractivity contribution in [2.45, 2.75) is 25.0 Å². The first-order valence-corrected chi connectivity index (χ1v) is 9.09. The molecule has 1 saturated heterocycles. The number of carbonyl (C=O) groups is 2. The predicted octanol–water partition coefficient (Wildman–Crippen LogP) is 2.63. The number of anilines is 1. The molecule has 2 aliphatic heterocycles. The minimum atomic E-state index is -0.346. The molecule has 1 unspecified atom stereocenters. The molecule has 1 N–H and O–H groups in total. The van der Waals surface area contributed by atoms with E-state index in [1.54, 1.807) is 4.90 Å². The fraction of sp³-hybridized carbons (Fsp3) is 0.400. The van der Waals surface area contributed by atoms with Gasteiger partial charge in [0, 0.05) is 28.8 Å². The molecule has 0 saturated carbocycles. The topological polar surface area (TPSA) is 61.8 Å². The largest absolute Gasteiger partial charge is 0.326 e. The van der Waals surface area contributed by atoms with Crippen LogP contribution < -0.4 is 5.32 Å². The van der Waals surface area contributed by atoms with Crippen LogP contribution in [0.1, 0.15) is 18.4 Å². The molecule has 1 aromatic carbocycles. The average molecular weight is 429 g/mol. The first-order chi connectivity index (χ1) is 10.5. The summed E-state index contributed by atoms with van der Waals surface area (Å²) in [6.07, 6.45) is 1.08. The van der Waals surface area contributed by atoms with Crippen molar-refractivity contribution in [1.29, 1.82) is 0 Å². The maximum atomic E-state index is 12.3. The van der Waals surface area contributed by atoms with Gasteiger partial charge in [0.25, 0.3) is 0 Å². The van der Waals surface area contributed by atoms with Gasteiger partial charge in [-0.15, -0.1) is 0 Å². The smallest absolute Gasteiger partial charge is 0.242 e. The summed E-state index contributed by atoms with van der Waals surface area (Å²) >= 11 is 3.65.